The molecule has 18 heavy (non-hydrogen) atoms. The van der Waals surface area contributed by atoms with E-state index in [2.05, 4.69) is 9.46 Å². The molecule has 7 heteroatoms. The number of hydrogen-bond acceptors (Lipinski definition) is 4. The third kappa shape index (κ3) is 4.89. The van der Waals surface area contributed by atoms with Crippen molar-refractivity contribution in [1.29, 1.82) is 0 Å². The third-order valence-electron chi connectivity index (χ3n) is 2.55. The van der Waals surface area contributed by atoms with Gasteiger partial charge in [-0.05, 0) is 18.6 Å². The van der Waals surface area contributed by atoms with Crippen LogP contribution in [-0.2, 0) is 33.1 Å². The molecule has 0 unspecified atom stereocenters. The maximum atomic E-state index is 11.6. The van der Waals surface area contributed by atoms with E-state index >= 15 is 0 Å². The van der Waals surface area contributed by atoms with Crippen molar-refractivity contribution >= 4 is 16.0 Å². The summed E-state index contributed by atoms with van der Waals surface area (Å²) in [7, 11) is -0.219. The average Bonchev–Trinajstić information content (AvgIpc) is 2.72. The second kappa shape index (κ2) is 6.55. The van der Waals surface area contributed by atoms with Crippen LogP contribution in [0.2, 0.25) is 0 Å². The van der Waals surface area contributed by atoms with E-state index < -0.39 is 16.0 Å². The van der Waals surface area contributed by atoms with Crippen molar-refractivity contribution in [1.82, 2.24) is 9.29 Å². The van der Waals surface area contributed by atoms with Gasteiger partial charge in [-0.15, -0.1) is 0 Å². The maximum absolute atomic E-state index is 11.6. The number of hydrogen-bond donors (Lipinski definition) is 1. The molecule has 0 aliphatic heterocycles. The second-order valence-electron chi connectivity index (χ2n) is 3.93. The minimum atomic E-state index is -3.35. The number of aromatic nitrogens is 1. The smallest absolute Gasteiger partial charge is 0.305 e. The van der Waals surface area contributed by atoms with Crippen molar-refractivity contribution in [2.75, 3.05) is 12.9 Å². The van der Waals surface area contributed by atoms with Gasteiger partial charge in [0.2, 0.25) is 10.0 Å². The number of rotatable bonds is 7. The summed E-state index contributed by atoms with van der Waals surface area (Å²) in [4.78, 5) is 10.8. The average molecular weight is 274 g/mol. The highest BCUT2D eigenvalue weighted by molar-refractivity contribution is 7.89. The summed E-state index contributed by atoms with van der Waals surface area (Å²) in [6, 6.07) is 3.69. The molecule has 1 heterocycles. The van der Waals surface area contributed by atoms with Crippen LogP contribution in [0.1, 0.15) is 18.5 Å². The van der Waals surface area contributed by atoms with Crippen LogP contribution in [-0.4, -0.2) is 31.8 Å². The van der Waals surface area contributed by atoms with Crippen molar-refractivity contribution in [2.24, 2.45) is 7.05 Å². The molecule has 0 saturated heterocycles. The highest BCUT2D eigenvalue weighted by atomic mass is 32.2. The molecule has 1 N–H and O–H groups in total. The molecule has 0 aliphatic rings. The summed E-state index contributed by atoms with van der Waals surface area (Å²) >= 11 is 0. The maximum Gasteiger partial charge on any atom is 0.305 e. The molecular weight excluding hydrogens is 256 g/mol. The molecule has 0 bridgehead atoms. The van der Waals surface area contributed by atoms with Crippen molar-refractivity contribution in [3.05, 3.63) is 24.0 Å². The second-order valence-corrected chi connectivity index (χ2v) is 5.86. The van der Waals surface area contributed by atoms with Crippen LogP contribution < -0.4 is 4.72 Å². The molecule has 6 nitrogen and oxygen atoms in total. The number of ether oxygens (including phenoxy) is 1. The molecule has 0 aliphatic carbocycles. The van der Waals surface area contributed by atoms with E-state index in [9.17, 15) is 13.2 Å². The lowest BCUT2D eigenvalue weighted by atomic mass is 10.3. The van der Waals surface area contributed by atoms with Crippen LogP contribution in [0.4, 0.5) is 0 Å². The Morgan fingerprint density at radius 3 is 2.78 bits per heavy atom. The van der Waals surface area contributed by atoms with Crippen LogP contribution in [0.3, 0.4) is 0 Å². The van der Waals surface area contributed by atoms with Gasteiger partial charge in [0.25, 0.3) is 0 Å². The van der Waals surface area contributed by atoms with Crippen molar-refractivity contribution in [2.45, 2.75) is 19.4 Å². The first-order valence-electron chi connectivity index (χ1n) is 5.59. The predicted molar refractivity (Wildman–Crippen MR) is 67.3 cm³/mol. The van der Waals surface area contributed by atoms with Crippen LogP contribution in [0.5, 0.6) is 0 Å². The molecule has 0 fully saturated rings. The summed E-state index contributed by atoms with van der Waals surface area (Å²) < 4.78 is 32.0. The molecule has 0 atom stereocenters. The van der Waals surface area contributed by atoms with Gasteiger partial charge < -0.3 is 9.30 Å². The third-order valence-corrected chi connectivity index (χ3v) is 3.96. The first-order chi connectivity index (χ1) is 8.44. The summed E-state index contributed by atoms with van der Waals surface area (Å²) in [6.45, 7) is 0.254. The Labute approximate surface area is 107 Å². The van der Waals surface area contributed by atoms with Gasteiger partial charge in [0, 0.05) is 25.4 Å². The highest BCUT2D eigenvalue weighted by Crippen LogP contribution is 2.01. The van der Waals surface area contributed by atoms with Crippen LogP contribution in [0, 0.1) is 0 Å². The lowest BCUT2D eigenvalue weighted by Crippen LogP contribution is -2.27. The highest BCUT2D eigenvalue weighted by Gasteiger charge is 2.12. The molecular formula is C11H18N2O4S. The van der Waals surface area contributed by atoms with Crippen molar-refractivity contribution in [3.63, 3.8) is 0 Å². The van der Waals surface area contributed by atoms with Gasteiger partial charge in [0.1, 0.15) is 0 Å². The standard InChI is InChI=1S/C11H18N2O4S/c1-13-7-3-5-10(13)9-12-18(15,16)8-4-6-11(14)17-2/h3,5,7,12H,4,6,8-9H2,1-2H3. The molecule has 0 saturated carbocycles. The van der Waals surface area contributed by atoms with Gasteiger partial charge in [-0.3, -0.25) is 4.79 Å². The van der Waals surface area contributed by atoms with Gasteiger partial charge in [-0.2, -0.15) is 0 Å². The Balaban J connectivity index is 2.36. The number of esters is 1. The summed E-state index contributed by atoms with van der Waals surface area (Å²) in [5.41, 5.74) is 0.881. The Morgan fingerprint density at radius 1 is 1.50 bits per heavy atom. The number of sulfonamides is 1. The van der Waals surface area contributed by atoms with Gasteiger partial charge in [0.15, 0.2) is 0 Å². The first kappa shape index (κ1) is 14.7. The van der Waals surface area contributed by atoms with E-state index in [1.807, 2.05) is 29.9 Å². The zero-order chi connectivity index (χ0) is 13.6. The zero-order valence-corrected chi connectivity index (χ0v) is 11.4. The number of nitrogens with zero attached hydrogens (tertiary/aromatic N) is 1. The summed E-state index contributed by atoms with van der Waals surface area (Å²) in [5.74, 6) is -0.473. The fraction of sp³-hybridized carbons (Fsp3) is 0.545. The van der Waals surface area contributed by atoms with E-state index in [1.54, 1.807) is 0 Å². The van der Waals surface area contributed by atoms with Crippen LogP contribution >= 0.6 is 0 Å². The van der Waals surface area contributed by atoms with Gasteiger partial charge >= 0.3 is 5.97 Å². The Bertz CT molecular complexity index is 493. The largest absolute Gasteiger partial charge is 0.469 e. The Kier molecular flexibility index (Phi) is 5.36. The molecule has 0 radical (unpaired) electrons. The molecule has 1 aromatic rings. The number of carbonyl (C=O) groups is 1. The topological polar surface area (TPSA) is 77.4 Å². The SMILES string of the molecule is COC(=O)CCCS(=O)(=O)NCc1cccn1C. The molecule has 1 aromatic heterocycles. The first-order valence-corrected chi connectivity index (χ1v) is 7.24. The molecule has 0 amide bonds. The van der Waals surface area contributed by atoms with Gasteiger partial charge in [-0.1, -0.05) is 0 Å². The zero-order valence-electron chi connectivity index (χ0n) is 10.5. The van der Waals surface area contributed by atoms with Crippen LogP contribution in [0.25, 0.3) is 0 Å². The predicted octanol–water partition coefficient (Wildman–Crippen LogP) is 0.398. The normalized spacial score (nSPS) is 11.4. The summed E-state index contributed by atoms with van der Waals surface area (Å²) in [6.07, 6.45) is 2.22. The summed E-state index contributed by atoms with van der Waals surface area (Å²) in [5, 5.41) is 0. The van der Waals surface area contributed by atoms with E-state index in [4.69, 9.17) is 0 Å². The fourth-order valence-corrected chi connectivity index (χ4v) is 2.48. The fourth-order valence-electron chi connectivity index (χ4n) is 1.44. The minimum absolute atomic E-state index is 0.0769. The van der Waals surface area contributed by atoms with Gasteiger partial charge in [0.05, 0.1) is 19.4 Å². The number of aryl methyl sites for hydroxylation is 1. The molecule has 102 valence electrons. The Hall–Kier alpha value is -1.34. The van der Waals surface area contributed by atoms with E-state index in [0.717, 1.165) is 5.69 Å². The Morgan fingerprint density at radius 2 is 2.22 bits per heavy atom. The number of methoxy groups -OCH3 is 1. The number of nitrogens with one attached hydrogen (secondary N) is 1. The van der Waals surface area contributed by atoms with E-state index in [-0.39, 0.29) is 25.1 Å². The molecule has 0 spiro atoms. The lowest BCUT2D eigenvalue weighted by Gasteiger charge is -2.07. The van der Waals surface area contributed by atoms with Crippen molar-refractivity contribution in [3.8, 4) is 0 Å². The monoisotopic (exact) mass is 274 g/mol. The van der Waals surface area contributed by atoms with E-state index in [0.29, 0.717) is 0 Å². The molecule has 0 aromatic carbocycles. The lowest BCUT2D eigenvalue weighted by molar-refractivity contribution is -0.140. The molecule has 1 rings (SSSR count). The minimum Gasteiger partial charge on any atom is -0.469 e. The van der Waals surface area contributed by atoms with Crippen molar-refractivity contribution < 1.29 is 17.9 Å². The van der Waals surface area contributed by atoms with Gasteiger partial charge in [-0.25, -0.2) is 13.1 Å². The quantitative estimate of drug-likeness (QED) is 0.730. The van der Waals surface area contributed by atoms with E-state index in [1.165, 1.54) is 7.11 Å². The number of carbonyl (C=O) groups excluding carboxylic acids is 1. The van der Waals surface area contributed by atoms with Crippen LogP contribution in [0.15, 0.2) is 18.3 Å².